The highest BCUT2D eigenvalue weighted by Gasteiger charge is 2.08. The maximum atomic E-state index is 5.57. The highest BCUT2D eigenvalue weighted by Crippen LogP contribution is 2.29. The summed E-state index contributed by atoms with van der Waals surface area (Å²) >= 11 is 1.64. The van der Waals surface area contributed by atoms with Crippen molar-refractivity contribution in [2.75, 3.05) is 7.11 Å². The van der Waals surface area contributed by atoms with E-state index in [9.17, 15) is 0 Å². The van der Waals surface area contributed by atoms with Crippen LogP contribution in [0.5, 0.6) is 5.75 Å². The van der Waals surface area contributed by atoms with Gasteiger partial charge in [0.05, 0.1) is 23.0 Å². The third kappa shape index (κ3) is 1.86. The van der Waals surface area contributed by atoms with Gasteiger partial charge in [0.25, 0.3) is 0 Å². The second-order valence-corrected chi connectivity index (χ2v) is 4.53. The van der Waals surface area contributed by atoms with Gasteiger partial charge in [0.15, 0.2) is 4.96 Å². The molecule has 2 heterocycles. The van der Waals surface area contributed by atoms with E-state index in [0.717, 1.165) is 21.9 Å². The molecule has 2 aromatic heterocycles. The van der Waals surface area contributed by atoms with Crippen LogP contribution in [0.3, 0.4) is 0 Å². The van der Waals surface area contributed by atoms with Gasteiger partial charge >= 0.3 is 0 Å². The van der Waals surface area contributed by atoms with Crippen molar-refractivity contribution in [3.05, 3.63) is 30.1 Å². The number of methoxy groups -OCH3 is 1. The summed E-state index contributed by atoms with van der Waals surface area (Å²) in [6.45, 7) is 0.478. The minimum Gasteiger partial charge on any atom is -0.497 e. The zero-order chi connectivity index (χ0) is 11.1. The van der Waals surface area contributed by atoms with Crippen LogP contribution in [-0.2, 0) is 6.54 Å². The monoisotopic (exact) mass is 269 g/mol. The Bertz CT molecular complexity index is 655. The number of halogens is 1. The Morgan fingerprint density at radius 2 is 2.29 bits per heavy atom. The molecule has 0 aliphatic rings. The number of nitrogens with two attached hydrogens (primary N) is 1. The van der Waals surface area contributed by atoms with Crippen molar-refractivity contribution in [2.24, 2.45) is 5.73 Å². The molecule has 0 bridgehead atoms. The van der Waals surface area contributed by atoms with Gasteiger partial charge in [-0.25, -0.2) is 4.98 Å². The normalized spacial score (nSPS) is 10.7. The van der Waals surface area contributed by atoms with E-state index < -0.39 is 0 Å². The summed E-state index contributed by atoms with van der Waals surface area (Å²) in [4.78, 5) is 5.42. The van der Waals surface area contributed by atoms with Gasteiger partial charge in [-0.05, 0) is 18.2 Å². The summed E-state index contributed by atoms with van der Waals surface area (Å²) in [5, 5.41) is 0. The van der Waals surface area contributed by atoms with Crippen LogP contribution in [0.15, 0.2) is 24.4 Å². The average molecular weight is 270 g/mol. The molecule has 4 nitrogen and oxygen atoms in total. The third-order valence-electron chi connectivity index (χ3n) is 2.56. The van der Waals surface area contributed by atoms with Crippen LogP contribution in [-0.4, -0.2) is 16.5 Å². The van der Waals surface area contributed by atoms with Crippen LogP contribution in [0, 0.1) is 0 Å². The second-order valence-electron chi connectivity index (χ2n) is 3.52. The molecule has 0 saturated heterocycles. The molecule has 0 amide bonds. The van der Waals surface area contributed by atoms with Crippen LogP contribution < -0.4 is 10.5 Å². The lowest BCUT2D eigenvalue weighted by molar-refractivity contribution is 0.415. The van der Waals surface area contributed by atoms with Crippen molar-refractivity contribution in [1.29, 1.82) is 0 Å². The molecule has 17 heavy (non-hydrogen) atoms. The third-order valence-corrected chi connectivity index (χ3v) is 3.58. The zero-order valence-electron chi connectivity index (χ0n) is 9.21. The van der Waals surface area contributed by atoms with Crippen LogP contribution in [0.1, 0.15) is 5.69 Å². The first-order valence-electron chi connectivity index (χ1n) is 4.96. The van der Waals surface area contributed by atoms with Gasteiger partial charge in [0, 0.05) is 12.7 Å². The number of hydrogen-bond acceptors (Lipinski definition) is 4. The Hall–Kier alpha value is -1.30. The molecule has 90 valence electrons. The summed E-state index contributed by atoms with van der Waals surface area (Å²) in [6, 6.07) is 6.02. The van der Waals surface area contributed by atoms with E-state index in [0.29, 0.717) is 6.54 Å². The minimum atomic E-state index is 0. The highest BCUT2D eigenvalue weighted by molar-refractivity contribution is 7.23. The molecule has 0 spiro atoms. The molecule has 0 atom stereocenters. The van der Waals surface area contributed by atoms with Crippen molar-refractivity contribution >= 4 is 38.9 Å². The van der Waals surface area contributed by atoms with Gasteiger partial charge in [-0.1, -0.05) is 11.3 Å². The number of ether oxygens (including phenoxy) is 1. The fraction of sp³-hybridized carbons (Fsp3) is 0.182. The molecule has 3 aromatic rings. The predicted molar refractivity (Wildman–Crippen MR) is 72.3 cm³/mol. The standard InChI is InChI=1S/C11H11N3OS.ClH/c1-15-8-2-3-9-10(4-8)16-11-13-7(5-12)6-14(9)11;/h2-4,6H,5,12H2,1H3;1H. The van der Waals surface area contributed by atoms with Gasteiger partial charge < -0.3 is 10.5 Å². The lowest BCUT2D eigenvalue weighted by atomic mass is 10.3. The summed E-state index contributed by atoms with van der Waals surface area (Å²) in [5.74, 6) is 0.871. The maximum Gasteiger partial charge on any atom is 0.194 e. The fourth-order valence-corrected chi connectivity index (χ4v) is 2.81. The van der Waals surface area contributed by atoms with Gasteiger partial charge in [0.1, 0.15) is 5.75 Å². The lowest BCUT2D eigenvalue weighted by Gasteiger charge is -1.98. The molecule has 0 aliphatic carbocycles. The van der Waals surface area contributed by atoms with E-state index in [1.165, 1.54) is 4.70 Å². The molecule has 0 saturated carbocycles. The Kier molecular flexibility index (Phi) is 3.24. The molecule has 0 fully saturated rings. The smallest absolute Gasteiger partial charge is 0.194 e. The number of aromatic nitrogens is 2. The molecule has 0 radical (unpaired) electrons. The van der Waals surface area contributed by atoms with Crippen LogP contribution in [0.4, 0.5) is 0 Å². The molecule has 0 unspecified atom stereocenters. The number of thiazole rings is 1. The fourth-order valence-electron chi connectivity index (χ4n) is 1.75. The van der Waals surface area contributed by atoms with E-state index >= 15 is 0 Å². The van der Waals surface area contributed by atoms with E-state index in [4.69, 9.17) is 10.5 Å². The van der Waals surface area contributed by atoms with Crippen molar-refractivity contribution in [3.8, 4) is 5.75 Å². The molecule has 0 aliphatic heterocycles. The largest absolute Gasteiger partial charge is 0.497 e. The van der Waals surface area contributed by atoms with E-state index in [-0.39, 0.29) is 12.4 Å². The van der Waals surface area contributed by atoms with Gasteiger partial charge in [-0.2, -0.15) is 0 Å². The quantitative estimate of drug-likeness (QED) is 0.777. The molecule has 1 aromatic carbocycles. The summed E-state index contributed by atoms with van der Waals surface area (Å²) in [6.07, 6.45) is 1.99. The Morgan fingerprint density at radius 3 is 3.00 bits per heavy atom. The first-order chi connectivity index (χ1) is 7.81. The Labute approximate surface area is 108 Å². The predicted octanol–water partition coefficient (Wildman–Crippen LogP) is 2.44. The van der Waals surface area contributed by atoms with Gasteiger partial charge in [0.2, 0.25) is 0 Å². The second kappa shape index (κ2) is 4.52. The van der Waals surface area contributed by atoms with Crippen molar-refractivity contribution in [1.82, 2.24) is 9.38 Å². The van der Waals surface area contributed by atoms with Gasteiger partial charge in [-0.15, -0.1) is 12.4 Å². The molecular weight excluding hydrogens is 258 g/mol. The number of nitrogens with zero attached hydrogens (tertiary/aromatic N) is 2. The molecule has 2 N–H and O–H groups in total. The average Bonchev–Trinajstić information content (AvgIpc) is 2.84. The SMILES string of the molecule is COc1ccc2c(c1)sc1nc(CN)cn12.Cl. The lowest BCUT2D eigenvalue weighted by Crippen LogP contribution is -1.95. The van der Waals surface area contributed by atoms with Crippen molar-refractivity contribution in [3.63, 3.8) is 0 Å². The first-order valence-corrected chi connectivity index (χ1v) is 5.78. The van der Waals surface area contributed by atoms with E-state index in [2.05, 4.69) is 9.38 Å². The number of benzene rings is 1. The molecule has 6 heteroatoms. The van der Waals surface area contributed by atoms with Crippen molar-refractivity contribution in [2.45, 2.75) is 6.54 Å². The van der Waals surface area contributed by atoms with Crippen LogP contribution in [0.2, 0.25) is 0 Å². The summed E-state index contributed by atoms with van der Waals surface area (Å²) < 4.78 is 8.44. The summed E-state index contributed by atoms with van der Waals surface area (Å²) in [7, 11) is 1.67. The van der Waals surface area contributed by atoms with Crippen molar-refractivity contribution < 1.29 is 4.74 Å². The number of imidazole rings is 1. The molecule has 3 rings (SSSR count). The number of rotatable bonds is 2. The van der Waals surface area contributed by atoms with Gasteiger partial charge in [-0.3, -0.25) is 4.40 Å². The Morgan fingerprint density at radius 1 is 1.47 bits per heavy atom. The molecular formula is C11H12ClN3OS. The van der Waals surface area contributed by atoms with Crippen LogP contribution in [0.25, 0.3) is 15.2 Å². The first kappa shape index (κ1) is 12.2. The zero-order valence-corrected chi connectivity index (χ0v) is 10.8. The van der Waals surface area contributed by atoms with E-state index in [1.54, 1.807) is 18.4 Å². The number of hydrogen-bond donors (Lipinski definition) is 1. The maximum absolute atomic E-state index is 5.57. The summed E-state index contributed by atoms with van der Waals surface area (Å²) in [5.41, 5.74) is 7.64. The van der Waals surface area contributed by atoms with E-state index in [1.807, 2.05) is 24.4 Å². The highest BCUT2D eigenvalue weighted by atomic mass is 35.5. The van der Waals surface area contributed by atoms with Crippen LogP contribution >= 0.6 is 23.7 Å². The topological polar surface area (TPSA) is 52.5 Å². The number of fused-ring (bicyclic) bond motifs is 3. The minimum absolute atomic E-state index is 0. The Balaban J connectivity index is 0.00000108.